The van der Waals surface area contributed by atoms with E-state index in [1.54, 1.807) is 0 Å². The van der Waals surface area contributed by atoms with Crippen LogP contribution in [-0.2, 0) is 0 Å². The van der Waals surface area contributed by atoms with E-state index in [0.29, 0.717) is 11.1 Å². The molecule has 0 aromatic heterocycles. The SMILES string of the molecule is C=C(Cl)C(=N)NC1CCCC1. The number of hydrogen-bond acceptors (Lipinski definition) is 1. The largest absolute Gasteiger partial charge is 0.367 e. The van der Waals surface area contributed by atoms with Crippen LogP contribution in [0.2, 0.25) is 0 Å². The average Bonchev–Trinajstić information content (AvgIpc) is 2.39. The summed E-state index contributed by atoms with van der Waals surface area (Å²) in [5.41, 5.74) is 0. The van der Waals surface area contributed by atoms with Crippen molar-refractivity contribution in [3.05, 3.63) is 11.6 Å². The predicted octanol–water partition coefficient (Wildman–Crippen LogP) is 2.25. The van der Waals surface area contributed by atoms with Crippen LogP contribution < -0.4 is 5.32 Å². The fourth-order valence-corrected chi connectivity index (χ4v) is 1.41. The summed E-state index contributed by atoms with van der Waals surface area (Å²) in [6.07, 6.45) is 4.85. The summed E-state index contributed by atoms with van der Waals surface area (Å²) < 4.78 is 0. The molecule has 62 valence electrons. The van der Waals surface area contributed by atoms with Gasteiger partial charge in [-0.1, -0.05) is 31.0 Å². The molecule has 3 heteroatoms. The van der Waals surface area contributed by atoms with E-state index in [2.05, 4.69) is 11.9 Å². The van der Waals surface area contributed by atoms with Crippen molar-refractivity contribution in [1.29, 1.82) is 5.41 Å². The first-order valence-electron chi connectivity index (χ1n) is 3.90. The molecule has 1 rings (SSSR count). The highest BCUT2D eigenvalue weighted by Gasteiger charge is 2.15. The lowest BCUT2D eigenvalue weighted by Crippen LogP contribution is -2.31. The van der Waals surface area contributed by atoms with Crippen LogP contribution in [-0.4, -0.2) is 11.9 Å². The van der Waals surface area contributed by atoms with E-state index in [0.717, 1.165) is 12.8 Å². The summed E-state index contributed by atoms with van der Waals surface area (Å²) in [4.78, 5) is 0. The van der Waals surface area contributed by atoms with Crippen LogP contribution in [0.1, 0.15) is 25.7 Å². The number of halogens is 1. The molecule has 2 nitrogen and oxygen atoms in total. The minimum absolute atomic E-state index is 0.276. The quantitative estimate of drug-likeness (QED) is 0.487. The van der Waals surface area contributed by atoms with Gasteiger partial charge in [0.05, 0.1) is 5.03 Å². The van der Waals surface area contributed by atoms with Crippen molar-refractivity contribution < 1.29 is 0 Å². The third-order valence-corrected chi connectivity index (χ3v) is 2.16. The molecule has 2 N–H and O–H groups in total. The van der Waals surface area contributed by atoms with Crippen LogP contribution in [0, 0.1) is 5.41 Å². The first kappa shape index (κ1) is 8.60. The van der Waals surface area contributed by atoms with E-state index in [1.807, 2.05) is 0 Å². The molecule has 1 fully saturated rings. The number of amidine groups is 1. The van der Waals surface area contributed by atoms with Crippen molar-refractivity contribution in [2.75, 3.05) is 0 Å². The Kier molecular flexibility index (Phi) is 2.94. The van der Waals surface area contributed by atoms with Gasteiger partial charge in [0.15, 0.2) is 0 Å². The molecule has 0 radical (unpaired) electrons. The zero-order valence-electron chi connectivity index (χ0n) is 6.49. The van der Waals surface area contributed by atoms with E-state index in [4.69, 9.17) is 17.0 Å². The van der Waals surface area contributed by atoms with E-state index in [-0.39, 0.29) is 5.84 Å². The highest BCUT2D eigenvalue weighted by Crippen LogP contribution is 2.18. The van der Waals surface area contributed by atoms with Gasteiger partial charge in [-0.2, -0.15) is 0 Å². The maximum Gasteiger partial charge on any atom is 0.136 e. The Morgan fingerprint density at radius 3 is 2.45 bits per heavy atom. The van der Waals surface area contributed by atoms with Gasteiger partial charge >= 0.3 is 0 Å². The summed E-state index contributed by atoms with van der Waals surface area (Å²) >= 11 is 5.53. The van der Waals surface area contributed by atoms with Crippen molar-refractivity contribution in [1.82, 2.24) is 5.32 Å². The Bertz CT molecular complexity index is 171. The molecule has 0 atom stereocenters. The van der Waals surface area contributed by atoms with Gasteiger partial charge in [0, 0.05) is 6.04 Å². The fraction of sp³-hybridized carbons (Fsp3) is 0.625. The van der Waals surface area contributed by atoms with Crippen LogP contribution >= 0.6 is 11.6 Å². The molecule has 0 unspecified atom stereocenters. The highest BCUT2D eigenvalue weighted by atomic mass is 35.5. The van der Waals surface area contributed by atoms with Gasteiger partial charge in [0.1, 0.15) is 5.84 Å². The van der Waals surface area contributed by atoms with Gasteiger partial charge in [-0.25, -0.2) is 0 Å². The lowest BCUT2D eigenvalue weighted by atomic mass is 10.2. The zero-order chi connectivity index (χ0) is 8.27. The Morgan fingerprint density at radius 2 is 2.00 bits per heavy atom. The van der Waals surface area contributed by atoms with Crippen LogP contribution in [0.25, 0.3) is 0 Å². The first-order valence-corrected chi connectivity index (χ1v) is 4.28. The highest BCUT2D eigenvalue weighted by molar-refractivity contribution is 6.42. The van der Waals surface area contributed by atoms with Gasteiger partial charge in [0.2, 0.25) is 0 Å². The molecule has 0 saturated heterocycles. The smallest absolute Gasteiger partial charge is 0.136 e. The molecular formula is C8H13ClN2. The molecule has 0 aliphatic heterocycles. The van der Waals surface area contributed by atoms with Crippen LogP contribution in [0.3, 0.4) is 0 Å². The Morgan fingerprint density at radius 1 is 1.45 bits per heavy atom. The van der Waals surface area contributed by atoms with Crippen molar-refractivity contribution in [2.24, 2.45) is 0 Å². The molecule has 0 heterocycles. The molecule has 0 spiro atoms. The minimum Gasteiger partial charge on any atom is -0.367 e. The van der Waals surface area contributed by atoms with Gasteiger partial charge in [-0.3, -0.25) is 5.41 Å². The summed E-state index contributed by atoms with van der Waals surface area (Å²) in [7, 11) is 0. The number of hydrogen-bond donors (Lipinski definition) is 2. The molecule has 1 aliphatic carbocycles. The average molecular weight is 173 g/mol. The third kappa shape index (κ3) is 2.54. The summed E-state index contributed by atoms with van der Waals surface area (Å²) in [6, 6.07) is 0.456. The molecule has 0 aromatic rings. The predicted molar refractivity (Wildman–Crippen MR) is 48.1 cm³/mol. The second-order valence-corrected chi connectivity index (χ2v) is 3.36. The van der Waals surface area contributed by atoms with Gasteiger partial charge in [-0.05, 0) is 12.8 Å². The van der Waals surface area contributed by atoms with Crippen molar-refractivity contribution in [3.8, 4) is 0 Å². The maximum atomic E-state index is 7.37. The molecule has 1 saturated carbocycles. The molecule has 0 aromatic carbocycles. The van der Waals surface area contributed by atoms with Crippen LogP contribution in [0.15, 0.2) is 11.6 Å². The first-order chi connectivity index (χ1) is 5.20. The zero-order valence-corrected chi connectivity index (χ0v) is 7.25. The van der Waals surface area contributed by atoms with Crippen molar-refractivity contribution in [3.63, 3.8) is 0 Å². The standard InChI is InChI=1S/C8H13ClN2/c1-6(9)8(10)11-7-4-2-3-5-7/h7H,1-5H2,(H2,10,11). The number of rotatable bonds is 2. The lowest BCUT2D eigenvalue weighted by Gasteiger charge is -2.12. The summed E-state index contributed by atoms with van der Waals surface area (Å²) in [5, 5.41) is 10.7. The number of nitrogens with one attached hydrogen (secondary N) is 2. The van der Waals surface area contributed by atoms with Crippen LogP contribution in [0.5, 0.6) is 0 Å². The lowest BCUT2D eigenvalue weighted by molar-refractivity contribution is 0.630. The van der Waals surface area contributed by atoms with Crippen molar-refractivity contribution in [2.45, 2.75) is 31.7 Å². The fourth-order valence-electron chi connectivity index (χ4n) is 1.35. The Balaban J connectivity index is 2.29. The Labute approximate surface area is 72.1 Å². The molecule has 11 heavy (non-hydrogen) atoms. The van der Waals surface area contributed by atoms with Gasteiger partial charge in [0.25, 0.3) is 0 Å². The van der Waals surface area contributed by atoms with Crippen molar-refractivity contribution >= 4 is 17.4 Å². The van der Waals surface area contributed by atoms with Crippen LogP contribution in [0.4, 0.5) is 0 Å². The topological polar surface area (TPSA) is 35.9 Å². The monoisotopic (exact) mass is 172 g/mol. The second kappa shape index (κ2) is 3.77. The second-order valence-electron chi connectivity index (χ2n) is 2.91. The van der Waals surface area contributed by atoms with E-state index in [9.17, 15) is 0 Å². The summed E-state index contributed by atoms with van der Waals surface area (Å²) in [5.74, 6) is 0.276. The van der Waals surface area contributed by atoms with Gasteiger partial charge < -0.3 is 5.32 Å². The molecule has 1 aliphatic rings. The molecule has 0 amide bonds. The maximum absolute atomic E-state index is 7.37. The van der Waals surface area contributed by atoms with Gasteiger partial charge in [-0.15, -0.1) is 0 Å². The van der Waals surface area contributed by atoms with E-state index >= 15 is 0 Å². The summed E-state index contributed by atoms with van der Waals surface area (Å²) in [6.45, 7) is 3.48. The third-order valence-electron chi connectivity index (χ3n) is 1.97. The minimum atomic E-state index is 0.276. The Hall–Kier alpha value is -0.500. The van der Waals surface area contributed by atoms with E-state index in [1.165, 1.54) is 12.8 Å². The van der Waals surface area contributed by atoms with E-state index < -0.39 is 0 Å². The molecular weight excluding hydrogens is 160 g/mol. The normalized spacial score (nSPS) is 18.3. The molecule has 0 bridgehead atoms.